The van der Waals surface area contributed by atoms with Crippen molar-refractivity contribution in [3.05, 3.63) is 60.2 Å². The van der Waals surface area contributed by atoms with Gasteiger partial charge in [0.2, 0.25) is 5.91 Å². The van der Waals surface area contributed by atoms with Gasteiger partial charge in [-0.05, 0) is 45.0 Å². The van der Waals surface area contributed by atoms with Crippen LogP contribution in [0.4, 0.5) is 11.4 Å². The van der Waals surface area contributed by atoms with Gasteiger partial charge in [0.05, 0.1) is 5.75 Å². The van der Waals surface area contributed by atoms with E-state index in [0.717, 1.165) is 24.3 Å². The maximum atomic E-state index is 12.8. The molecule has 0 bridgehead atoms. The summed E-state index contributed by atoms with van der Waals surface area (Å²) in [5.41, 5.74) is 2.97. The molecule has 1 saturated heterocycles. The Kier molecular flexibility index (Phi) is 8.77. The van der Waals surface area contributed by atoms with Crippen molar-refractivity contribution >= 4 is 40.9 Å². The molecule has 2 aromatic rings. The maximum absolute atomic E-state index is 12.8. The van der Waals surface area contributed by atoms with Crippen molar-refractivity contribution in [1.29, 1.82) is 0 Å². The van der Waals surface area contributed by atoms with Crippen LogP contribution in [0.15, 0.2) is 54.6 Å². The van der Waals surface area contributed by atoms with Crippen molar-refractivity contribution in [1.82, 2.24) is 4.90 Å². The Hall–Kier alpha value is -3.00. The lowest BCUT2D eigenvalue weighted by molar-refractivity contribution is -0.158. The third-order valence-corrected chi connectivity index (χ3v) is 6.61. The van der Waals surface area contributed by atoms with Crippen molar-refractivity contribution < 1.29 is 19.1 Å². The highest BCUT2D eigenvalue weighted by Crippen LogP contribution is 2.18. The molecule has 8 heteroatoms. The van der Waals surface area contributed by atoms with Gasteiger partial charge in [0.15, 0.2) is 6.10 Å². The highest BCUT2D eigenvalue weighted by atomic mass is 32.2. The molecule has 1 heterocycles. The van der Waals surface area contributed by atoms with Crippen molar-refractivity contribution in [2.45, 2.75) is 32.1 Å². The number of hydrogen-bond acceptors (Lipinski definition) is 6. The second kappa shape index (κ2) is 11.7. The zero-order valence-electron chi connectivity index (χ0n) is 19.3. The highest BCUT2D eigenvalue weighted by Gasteiger charge is 2.28. The molecule has 2 amide bonds. The summed E-state index contributed by atoms with van der Waals surface area (Å²) in [4.78, 5) is 41.3. The molecule has 1 aliphatic heterocycles. The van der Waals surface area contributed by atoms with Gasteiger partial charge in [0.1, 0.15) is 5.25 Å². The molecule has 1 aliphatic rings. The summed E-state index contributed by atoms with van der Waals surface area (Å²) >= 11 is 1.18. The molecule has 0 saturated carbocycles. The van der Waals surface area contributed by atoms with Gasteiger partial charge in [-0.25, -0.2) is 0 Å². The fourth-order valence-corrected chi connectivity index (χ4v) is 4.17. The third-order valence-electron chi connectivity index (χ3n) is 5.49. The van der Waals surface area contributed by atoms with Crippen LogP contribution in [0.5, 0.6) is 0 Å². The van der Waals surface area contributed by atoms with Crippen LogP contribution in [-0.2, 0) is 19.1 Å². The molecular formula is C25H31N3O4S. The summed E-state index contributed by atoms with van der Waals surface area (Å²) in [6, 6.07) is 17.6. The zero-order chi connectivity index (χ0) is 23.8. The average molecular weight is 470 g/mol. The Morgan fingerprint density at radius 2 is 1.61 bits per heavy atom. The standard InChI is InChI=1S/C25H31N3O4S/c1-18-9-11-21(12-10-18)26-23(29)17-33-20(3)25(31)32-19(2)24(30)28-15-13-27(14-16-28)22-7-5-4-6-8-22/h4-12,19-20H,13-17H2,1-3H3,(H,26,29). The SMILES string of the molecule is Cc1ccc(NC(=O)CSC(C)C(=O)OC(C)C(=O)N2CCN(c3ccccc3)CC2)cc1. The number of aryl methyl sites for hydroxylation is 1. The van der Waals surface area contributed by atoms with E-state index in [0.29, 0.717) is 18.8 Å². The Balaban J connectivity index is 1.39. The Morgan fingerprint density at radius 3 is 2.24 bits per heavy atom. The predicted octanol–water partition coefficient (Wildman–Crippen LogP) is 3.34. The molecule has 33 heavy (non-hydrogen) atoms. The number of anilines is 2. The first-order chi connectivity index (χ1) is 15.8. The Labute approximate surface area is 199 Å². The van der Waals surface area contributed by atoms with E-state index in [1.54, 1.807) is 18.7 Å². The number of ether oxygens (including phenoxy) is 1. The second-order valence-electron chi connectivity index (χ2n) is 8.09. The van der Waals surface area contributed by atoms with Gasteiger partial charge in [-0.15, -0.1) is 11.8 Å². The maximum Gasteiger partial charge on any atom is 0.319 e. The van der Waals surface area contributed by atoms with Gasteiger partial charge in [0.25, 0.3) is 5.91 Å². The van der Waals surface area contributed by atoms with Crippen LogP contribution in [0.2, 0.25) is 0 Å². The highest BCUT2D eigenvalue weighted by molar-refractivity contribution is 8.01. The lowest BCUT2D eigenvalue weighted by atomic mass is 10.2. The summed E-state index contributed by atoms with van der Waals surface area (Å²) in [5.74, 6) is -0.755. The van der Waals surface area contributed by atoms with Gasteiger partial charge < -0.3 is 19.9 Å². The van der Waals surface area contributed by atoms with Crippen molar-refractivity contribution in [2.75, 3.05) is 42.1 Å². The van der Waals surface area contributed by atoms with E-state index in [1.165, 1.54) is 11.8 Å². The number of esters is 1. The number of piperazine rings is 1. The lowest BCUT2D eigenvalue weighted by Gasteiger charge is -2.37. The van der Waals surface area contributed by atoms with Gasteiger partial charge in [-0.2, -0.15) is 0 Å². The van der Waals surface area contributed by atoms with Gasteiger partial charge in [-0.1, -0.05) is 35.9 Å². The fourth-order valence-electron chi connectivity index (χ4n) is 3.50. The number of benzene rings is 2. The molecule has 0 aliphatic carbocycles. The summed E-state index contributed by atoms with van der Waals surface area (Å²) in [7, 11) is 0. The van der Waals surface area contributed by atoms with E-state index >= 15 is 0 Å². The van der Waals surface area contributed by atoms with Crippen molar-refractivity contribution in [3.8, 4) is 0 Å². The molecule has 7 nitrogen and oxygen atoms in total. The first kappa shape index (κ1) is 24.6. The molecule has 0 radical (unpaired) electrons. The second-order valence-corrected chi connectivity index (χ2v) is 9.42. The van der Waals surface area contributed by atoms with Gasteiger partial charge in [0, 0.05) is 37.6 Å². The summed E-state index contributed by atoms with van der Waals surface area (Å²) in [5, 5.41) is 2.25. The Morgan fingerprint density at radius 1 is 0.970 bits per heavy atom. The summed E-state index contributed by atoms with van der Waals surface area (Å²) < 4.78 is 5.41. The summed E-state index contributed by atoms with van der Waals surface area (Å²) in [6.07, 6.45) is -0.856. The van der Waals surface area contributed by atoms with E-state index < -0.39 is 17.3 Å². The molecule has 0 aromatic heterocycles. The minimum atomic E-state index is -0.856. The minimum absolute atomic E-state index is 0.119. The van der Waals surface area contributed by atoms with E-state index in [4.69, 9.17) is 4.74 Å². The van der Waals surface area contributed by atoms with Crippen LogP contribution in [-0.4, -0.2) is 66.0 Å². The first-order valence-electron chi connectivity index (χ1n) is 11.1. The van der Waals surface area contributed by atoms with Crippen LogP contribution in [0.1, 0.15) is 19.4 Å². The molecule has 1 fully saturated rings. The lowest BCUT2D eigenvalue weighted by Crippen LogP contribution is -2.51. The van der Waals surface area contributed by atoms with Crippen LogP contribution < -0.4 is 10.2 Å². The molecular weight excluding hydrogens is 438 g/mol. The van der Waals surface area contributed by atoms with Crippen LogP contribution in [0.3, 0.4) is 0 Å². The van der Waals surface area contributed by atoms with E-state index in [-0.39, 0.29) is 17.6 Å². The first-order valence-corrected chi connectivity index (χ1v) is 12.2. The van der Waals surface area contributed by atoms with Crippen molar-refractivity contribution in [2.24, 2.45) is 0 Å². The molecule has 176 valence electrons. The number of rotatable bonds is 8. The number of amides is 2. The third kappa shape index (κ3) is 7.25. The summed E-state index contributed by atoms with van der Waals surface area (Å²) in [6.45, 7) is 7.90. The minimum Gasteiger partial charge on any atom is -0.452 e. The largest absolute Gasteiger partial charge is 0.452 e. The number of carbonyl (C=O) groups excluding carboxylic acids is 3. The molecule has 3 rings (SSSR count). The number of hydrogen-bond donors (Lipinski definition) is 1. The number of carbonyl (C=O) groups is 3. The normalized spacial score (nSPS) is 15.5. The number of para-hydroxylation sites is 1. The van der Waals surface area contributed by atoms with E-state index in [2.05, 4.69) is 22.3 Å². The average Bonchev–Trinajstić information content (AvgIpc) is 2.84. The number of nitrogens with one attached hydrogen (secondary N) is 1. The zero-order valence-corrected chi connectivity index (χ0v) is 20.1. The quantitative estimate of drug-likeness (QED) is 0.598. The van der Waals surface area contributed by atoms with Crippen LogP contribution in [0.25, 0.3) is 0 Å². The van der Waals surface area contributed by atoms with E-state index in [1.807, 2.05) is 49.4 Å². The van der Waals surface area contributed by atoms with Crippen LogP contribution in [0, 0.1) is 6.92 Å². The number of nitrogens with zero attached hydrogens (tertiary/aromatic N) is 2. The molecule has 2 aromatic carbocycles. The topological polar surface area (TPSA) is 78.9 Å². The van der Waals surface area contributed by atoms with Crippen molar-refractivity contribution in [3.63, 3.8) is 0 Å². The predicted molar refractivity (Wildman–Crippen MR) is 133 cm³/mol. The fraction of sp³-hybridized carbons (Fsp3) is 0.400. The molecule has 0 spiro atoms. The molecule has 1 N–H and O–H groups in total. The molecule has 2 atom stereocenters. The van der Waals surface area contributed by atoms with E-state index in [9.17, 15) is 14.4 Å². The Bertz CT molecular complexity index is 944. The molecule has 2 unspecified atom stereocenters. The van der Waals surface area contributed by atoms with Gasteiger partial charge >= 0.3 is 5.97 Å². The smallest absolute Gasteiger partial charge is 0.319 e. The monoisotopic (exact) mass is 469 g/mol. The number of thioether (sulfide) groups is 1. The van der Waals surface area contributed by atoms with Crippen LogP contribution >= 0.6 is 11.8 Å². The van der Waals surface area contributed by atoms with Gasteiger partial charge in [-0.3, -0.25) is 14.4 Å².